The van der Waals surface area contributed by atoms with E-state index in [1.807, 2.05) is 38.2 Å². The molecule has 0 radical (unpaired) electrons. The van der Waals surface area contributed by atoms with Gasteiger partial charge in [-0.15, -0.1) is 0 Å². The van der Waals surface area contributed by atoms with Crippen molar-refractivity contribution >= 4 is 16.8 Å². The Bertz CT molecular complexity index is 1400. The number of hydrogen-bond acceptors (Lipinski definition) is 4. The van der Waals surface area contributed by atoms with Crippen LogP contribution in [0.15, 0.2) is 42.6 Å². The first-order valence-electron chi connectivity index (χ1n) is 11.5. The number of pyridine rings is 1. The van der Waals surface area contributed by atoms with E-state index in [0.717, 1.165) is 35.6 Å². The Morgan fingerprint density at radius 2 is 1.97 bits per heavy atom. The summed E-state index contributed by atoms with van der Waals surface area (Å²) in [5.74, 6) is -0.115. The summed E-state index contributed by atoms with van der Waals surface area (Å²) in [7, 11) is 1.85. The summed E-state index contributed by atoms with van der Waals surface area (Å²) in [4.78, 5) is 17.8. The van der Waals surface area contributed by atoms with Gasteiger partial charge in [-0.2, -0.15) is 23.4 Å². The molecule has 35 heavy (non-hydrogen) atoms. The van der Waals surface area contributed by atoms with Crippen molar-refractivity contribution in [3.63, 3.8) is 0 Å². The van der Waals surface area contributed by atoms with Gasteiger partial charge in [0.05, 0.1) is 23.0 Å². The van der Waals surface area contributed by atoms with Gasteiger partial charge in [-0.05, 0) is 44.4 Å². The number of carbonyl (C=O) groups excluding carboxylic acids is 1. The molecular weight excluding hydrogens is 457 g/mol. The molecule has 7 nitrogen and oxygen atoms in total. The molecule has 0 unspecified atom stereocenters. The monoisotopic (exact) mass is 482 g/mol. The van der Waals surface area contributed by atoms with Gasteiger partial charge in [0, 0.05) is 48.4 Å². The minimum absolute atomic E-state index is 0.144. The second-order valence-corrected chi connectivity index (χ2v) is 8.90. The van der Waals surface area contributed by atoms with E-state index in [4.69, 9.17) is 4.98 Å². The van der Waals surface area contributed by atoms with Crippen LogP contribution >= 0.6 is 0 Å². The number of aromatic nitrogens is 5. The normalized spacial score (nSPS) is 14.0. The minimum Gasteiger partial charge on any atom is -0.352 e. The first-order chi connectivity index (χ1) is 16.7. The van der Waals surface area contributed by atoms with Crippen LogP contribution in [0, 0.1) is 6.92 Å². The van der Waals surface area contributed by atoms with Crippen molar-refractivity contribution in [2.75, 3.05) is 6.54 Å². The lowest BCUT2D eigenvalue weighted by molar-refractivity contribution is -0.141. The van der Waals surface area contributed by atoms with Crippen molar-refractivity contribution in [2.24, 2.45) is 7.05 Å². The summed E-state index contributed by atoms with van der Waals surface area (Å²) in [6.45, 7) is 2.55. The fourth-order valence-electron chi connectivity index (χ4n) is 4.23. The number of aryl methyl sites for hydroxylation is 2. The molecule has 1 aromatic carbocycles. The molecule has 1 saturated carbocycles. The van der Waals surface area contributed by atoms with Gasteiger partial charge in [0.25, 0.3) is 5.91 Å². The number of nitrogens with zero attached hydrogens (tertiary/aromatic N) is 5. The Kier molecular flexibility index (Phi) is 5.82. The van der Waals surface area contributed by atoms with Gasteiger partial charge in [-0.1, -0.05) is 18.2 Å². The molecule has 0 bridgehead atoms. The van der Waals surface area contributed by atoms with E-state index >= 15 is 0 Å². The van der Waals surface area contributed by atoms with Crippen LogP contribution in [0.3, 0.4) is 0 Å². The van der Waals surface area contributed by atoms with Crippen LogP contribution in [-0.4, -0.2) is 37.0 Å². The number of rotatable bonds is 7. The molecule has 1 aliphatic rings. The molecule has 182 valence electrons. The number of alkyl halides is 3. The van der Waals surface area contributed by atoms with E-state index in [-0.39, 0.29) is 11.8 Å². The summed E-state index contributed by atoms with van der Waals surface area (Å²) in [5, 5.41) is 11.7. The Labute approximate surface area is 200 Å². The van der Waals surface area contributed by atoms with Crippen LogP contribution in [0.25, 0.3) is 22.2 Å². The van der Waals surface area contributed by atoms with E-state index < -0.39 is 11.9 Å². The SMILES string of the molecule is Cc1c(-c2cc(C(=O)NCCCn3nc(C(F)(F)F)cc3C3CC3)c3ccccc3n2)cnn1C. The summed E-state index contributed by atoms with van der Waals surface area (Å²) in [6, 6.07) is 10.3. The number of nitrogens with one attached hydrogen (secondary N) is 1. The molecule has 3 aromatic heterocycles. The maximum atomic E-state index is 13.1. The highest BCUT2D eigenvalue weighted by molar-refractivity contribution is 6.07. The van der Waals surface area contributed by atoms with E-state index in [1.54, 1.807) is 16.9 Å². The van der Waals surface area contributed by atoms with Gasteiger partial charge >= 0.3 is 6.18 Å². The molecule has 0 aliphatic heterocycles. The third-order valence-corrected chi connectivity index (χ3v) is 6.40. The third kappa shape index (κ3) is 4.65. The lowest BCUT2D eigenvalue weighted by atomic mass is 10.0. The van der Waals surface area contributed by atoms with Crippen LogP contribution in [-0.2, 0) is 19.8 Å². The number of halogens is 3. The second kappa shape index (κ2) is 8.83. The maximum Gasteiger partial charge on any atom is 0.435 e. The van der Waals surface area contributed by atoms with Gasteiger partial charge in [-0.25, -0.2) is 4.98 Å². The average Bonchev–Trinajstić information content (AvgIpc) is 3.49. The number of amides is 1. The molecule has 1 aliphatic carbocycles. The largest absolute Gasteiger partial charge is 0.435 e. The van der Waals surface area contributed by atoms with Crippen molar-refractivity contribution in [3.05, 3.63) is 65.2 Å². The Balaban J connectivity index is 1.32. The standard InChI is InChI=1S/C25H25F3N6O/c1-15-19(14-30-33(15)2)21-12-18(17-6-3-4-7-20(17)31-21)24(35)29-10-5-11-34-22(16-8-9-16)13-23(32-34)25(26,27)28/h3-4,6-7,12-14,16H,5,8-11H2,1-2H3,(H,29,35). The molecule has 1 amide bonds. The Hall–Kier alpha value is -3.69. The van der Waals surface area contributed by atoms with Crippen LogP contribution in [0.2, 0.25) is 0 Å². The van der Waals surface area contributed by atoms with Gasteiger partial charge in [-0.3, -0.25) is 14.2 Å². The zero-order valence-corrected chi connectivity index (χ0v) is 19.4. The summed E-state index contributed by atoms with van der Waals surface area (Å²) >= 11 is 0. The predicted octanol–water partition coefficient (Wildman–Crippen LogP) is 4.86. The quantitative estimate of drug-likeness (QED) is 0.382. The summed E-state index contributed by atoms with van der Waals surface area (Å²) in [5.41, 5.74) is 3.40. The van der Waals surface area contributed by atoms with Gasteiger partial charge < -0.3 is 5.32 Å². The highest BCUT2D eigenvalue weighted by Crippen LogP contribution is 2.42. The van der Waals surface area contributed by atoms with E-state index in [0.29, 0.717) is 42.0 Å². The first kappa shape index (κ1) is 23.1. The zero-order valence-electron chi connectivity index (χ0n) is 19.4. The molecule has 10 heteroatoms. The lowest BCUT2D eigenvalue weighted by Gasteiger charge is -2.11. The number of benzene rings is 1. The topological polar surface area (TPSA) is 77.6 Å². The number of fused-ring (bicyclic) bond motifs is 1. The van der Waals surface area contributed by atoms with E-state index in [1.165, 1.54) is 4.68 Å². The summed E-state index contributed by atoms with van der Waals surface area (Å²) < 4.78 is 42.5. The van der Waals surface area contributed by atoms with E-state index in [9.17, 15) is 18.0 Å². The number of hydrogen-bond donors (Lipinski definition) is 1. The first-order valence-corrected chi connectivity index (χ1v) is 11.5. The van der Waals surface area contributed by atoms with Gasteiger partial charge in [0.2, 0.25) is 0 Å². The molecule has 4 aromatic rings. The predicted molar refractivity (Wildman–Crippen MR) is 125 cm³/mol. The van der Waals surface area contributed by atoms with Crippen LogP contribution in [0.4, 0.5) is 13.2 Å². The fraction of sp³-hybridized carbons (Fsp3) is 0.360. The average molecular weight is 483 g/mol. The van der Waals surface area contributed by atoms with Crippen molar-refractivity contribution < 1.29 is 18.0 Å². The van der Waals surface area contributed by atoms with Gasteiger partial charge in [0.1, 0.15) is 0 Å². The van der Waals surface area contributed by atoms with E-state index in [2.05, 4.69) is 15.5 Å². The molecule has 0 atom stereocenters. The Morgan fingerprint density at radius 1 is 1.20 bits per heavy atom. The van der Waals surface area contributed by atoms with Crippen LogP contribution in [0.1, 0.15) is 52.6 Å². The van der Waals surface area contributed by atoms with Gasteiger partial charge in [0.15, 0.2) is 5.69 Å². The van der Waals surface area contributed by atoms with Crippen molar-refractivity contribution in [1.29, 1.82) is 0 Å². The minimum atomic E-state index is -4.46. The fourth-order valence-corrected chi connectivity index (χ4v) is 4.23. The highest BCUT2D eigenvalue weighted by atomic mass is 19.4. The zero-order chi connectivity index (χ0) is 24.7. The smallest absolute Gasteiger partial charge is 0.352 e. The Morgan fingerprint density at radius 3 is 2.66 bits per heavy atom. The molecule has 0 saturated heterocycles. The highest BCUT2D eigenvalue weighted by Gasteiger charge is 2.37. The van der Waals surface area contributed by atoms with Crippen LogP contribution < -0.4 is 5.32 Å². The maximum absolute atomic E-state index is 13.1. The molecular formula is C25H25F3N6O. The van der Waals surface area contributed by atoms with Crippen LogP contribution in [0.5, 0.6) is 0 Å². The molecule has 0 spiro atoms. The number of carbonyl (C=O) groups is 1. The van der Waals surface area contributed by atoms with Crippen molar-refractivity contribution in [3.8, 4) is 11.3 Å². The molecule has 1 fully saturated rings. The molecule has 5 rings (SSSR count). The van der Waals surface area contributed by atoms with Crippen molar-refractivity contribution in [1.82, 2.24) is 29.9 Å². The second-order valence-electron chi connectivity index (χ2n) is 8.90. The third-order valence-electron chi connectivity index (χ3n) is 6.40. The lowest BCUT2D eigenvalue weighted by Crippen LogP contribution is -2.26. The van der Waals surface area contributed by atoms with Crippen molar-refractivity contribution in [2.45, 2.75) is 44.8 Å². The number of para-hydroxylation sites is 1. The molecule has 3 heterocycles. The summed E-state index contributed by atoms with van der Waals surface area (Å²) in [6.07, 6.45) is -0.510. The molecule has 1 N–H and O–H groups in total.